The first kappa shape index (κ1) is 12.1. The molecule has 1 heterocycles. The fourth-order valence-corrected chi connectivity index (χ4v) is 2.10. The van der Waals surface area contributed by atoms with Gasteiger partial charge in [0.2, 0.25) is 0 Å². The molecule has 0 saturated carbocycles. The lowest BCUT2D eigenvalue weighted by Crippen LogP contribution is -2.38. The van der Waals surface area contributed by atoms with E-state index in [1.807, 2.05) is 0 Å². The Morgan fingerprint density at radius 1 is 1.53 bits per heavy atom. The SMILES string of the molecule is O=[N+]([O-])c1ccc(Cl)c(NC2CCCNC2)c1. The first-order valence-electron chi connectivity index (χ1n) is 5.58. The number of nitrogens with zero attached hydrogens (tertiary/aromatic N) is 1. The number of nitrogens with one attached hydrogen (secondary N) is 2. The maximum Gasteiger partial charge on any atom is 0.271 e. The van der Waals surface area contributed by atoms with Gasteiger partial charge in [-0.05, 0) is 25.5 Å². The first-order valence-corrected chi connectivity index (χ1v) is 5.96. The molecule has 1 atom stereocenters. The van der Waals surface area contributed by atoms with Gasteiger partial charge in [-0.3, -0.25) is 10.1 Å². The molecule has 1 aliphatic rings. The standard InChI is InChI=1S/C11H14ClN3O2/c12-10-4-3-9(15(16)17)6-11(10)14-8-2-1-5-13-7-8/h3-4,6,8,13-14H,1-2,5,7H2. The average molecular weight is 256 g/mol. The Morgan fingerprint density at radius 3 is 3.00 bits per heavy atom. The van der Waals surface area contributed by atoms with Gasteiger partial charge in [0.1, 0.15) is 0 Å². The van der Waals surface area contributed by atoms with Crippen molar-refractivity contribution in [1.82, 2.24) is 5.32 Å². The lowest BCUT2D eigenvalue weighted by Gasteiger charge is -2.25. The average Bonchev–Trinajstić information content (AvgIpc) is 2.33. The number of benzene rings is 1. The molecular formula is C11H14ClN3O2. The highest BCUT2D eigenvalue weighted by Crippen LogP contribution is 2.27. The van der Waals surface area contributed by atoms with Crippen LogP contribution in [0.3, 0.4) is 0 Å². The van der Waals surface area contributed by atoms with Crippen LogP contribution in [0.5, 0.6) is 0 Å². The minimum atomic E-state index is -0.416. The quantitative estimate of drug-likeness (QED) is 0.643. The molecule has 0 spiro atoms. The number of rotatable bonds is 3. The van der Waals surface area contributed by atoms with Gasteiger partial charge in [-0.15, -0.1) is 0 Å². The fourth-order valence-electron chi connectivity index (χ4n) is 1.93. The summed E-state index contributed by atoms with van der Waals surface area (Å²) in [7, 11) is 0. The summed E-state index contributed by atoms with van der Waals surface area (Å²) in [5.41, 5.74) is 0.690. The molecule has 1 saturated heterocycles. The van der Waals surface area contributed by atoms with Crippen LogP contribution in [0.15, 0.2) is 18.2 Å². The second-order valence-corrected chi connectivity index (χ2v) is 4.52. The van der Waals surface area contributed by atoms with Crippen LogP contribution in [-0.2, 0) is 0 Å². The normalized spacial score (nSPS) is 19.9. The lowest BCUT2D eigenvalue weighted by atomic mass is 10.1. The predicted molar refractivity (Wildman–Crippen MR) is 67.6 cm³/mol. The molecule has 2 rings (SSSR count). The monoisotopic (exact) mass is 255 g/mol. The van der Waals surface area contributed by atoms with Crippen LogP contribution in [0.25, 0.3) is 0 Å². The molecule has 2 N–H and O–H groups in total. The van der Waals surface area contributed by atoms with Gasteiger partial charge < -0.3 is 10.6 Å². The van der Waals surface area contributed by atoms with E-state index in [9.17, 15) is 10.1 Å². The van der Waals surface area contributed by atoms with E-state index in [0.29, 0.717) is 10.7 Å². The highest BCUT2D eigenvalue weighted by atomic mass is 35.5. The van der Waals surface area contributed by atoms with E-state index >= 15 is 0 Å². The molecule has 0 aliphatic carbocycles. The number of nitro groups is 1. The van der Waals surface area contributed by atoms with E-state index in [1.54, 1.807) is 6.07 Å². The van der Waals surface area contributed by atoms with Crippen molar-refractivity contribution in [3.63, 3.8) is 0 Å². The number of anilines is 1. The summed E-state index contributed by atoms with van der Waals surface area (Å²) < 4.78 is 0. The van der Waals surface area contributed by atoms with Crippen LogP contribution in [-0.4, -0.2) is 24.1 Å². The third-order valence-electron chi connectivity index (χ3n) is 2.82. The van der Waals surface area contributed by atoms with Gasteiger partial charge in [0.25, 0.3) is 5.69 Å². The Morgan fingerprint density at radius 2 is 2.35 bits per heavy atom. The highest BCUT2D eigenvalue weighted by molar-refractivity contribution is 6.33. The fraction of sp³-hybridized carbons (Fsp3) is 0.455. The largest absolute Gasteiger partial charge is 0.380 e. The molecule has 0 bridgehead atoms. The van der Waals surface area contributed by atoms with Crippen molar-refractivity contribution in [2.24, 2.45) is 0 Å². The molecule has 0 radical (unpaired) electrons. The molecule has 1 unspecified atom stereocenters. The molecule has 5 nitrogen and oxygen atoms in total. The number of piperidine rings is 1. The molecule has 0 amide bonds. The molecule has 1 fully saturated rings. The second kappa shape index (κ2) is 5.33. The summed E-state index contributed by atoms with van der Waals surface area (Å²) >= 11 is 6.01. The summed E-state index contributed by atoms with van der Waals surface area (Å²) in [4.78, 5) is 10.3. The van der Waals surface area contributed by atoms with Gasteiger partial charge in [-0.25, -0.2) is 0 Å². The van der Waals surface area contributed by atoms with Crippen molar-refractivity contribution >= 4 is 23.0 Å². The van der Waals surface area contributed by atoms with Crippen LogP contribution >= 0.6 is 11.6 Å². The van der Waals surface area contributed by atoms with Gasteiger partial charge in [0.05, 0.1) is 15.6 Å². The Bertz CT molecular complexity index is 419. The van der Waals surface area contributed by atoms with Crippen molar-refractivity contribution < 1.29 is 4.92 Å². The van der Waals surface area contributed by atoms with E-state index in [0.717, 1.165) is 25.9 Å². The summed E-state index contributed by atoms with van der Waals surface area (Å²) in [6.45, 7) is 1.89. The molecule has 6 heteroatoms. The Balaban J connectivity index is 2.13. The Labute approximate surface area is 104 Å². The van der Waals surface area contributed by atoms with Crippen LogP contribution in [0, 0.1) is 10.1 Å². The van der Waals surface area contributed by atoms with Gasteiger partial charge in [-0.1, -0.05) is 11.6 Å². The highest BCUT2D eigenvalue weighted by Gasteiger charge is 2.16. The number of halogens is 1. The number of hydrogen-bond acceptors (Lipinski definition) is 4. The molecule has 0 aromatic heterocycles. The molecule has 1 aliphatic heterocycles. The summed E-state index contributed by atoms with van der Waals surface area (Å²) in [6.07, 6.45) is 2.15. The van der Waals surface area contributed by atoms with Crippen LogP contribution < -0.4 is 10.6 Å². The van der Waals surface area contributed by atoms with Crippen molar-refractivity contribution in [2.75, 3.05) is 18.4 Å². The maximum absolute atomic E-state index is 10.7. The van der Waals surface area contributed by atoms with E-state index in [4.69, 9.17) is 11.6 Å². The topological polar surface area (TPSA) is 67.2 Å². The predicted octanol–water partition coefficient (Wildman–Crippen LogP) is 2.41. The van der Waals surface area contributed by atoms with Crippen LogP contribution in [0.4, 0.5) is 11.4 Å². The molecule has 1 aromatic rings. The molecule has 92 valence electrons. The Hall–Kier alpha value is -1.33. The van der Waals surface area contributed by atoms with Crippen molar-refractivity contribution in [2.45, 2.75) is 18.9 Å². The maximum atomic E-state index is 10.7. The van der Waals surface area contributed by atoms with Crippen LogP contribution in [0.1, 0.15) is 12.8 Å². The van der Waals surface area contributed by atoms with E-state index in [-0.39, 0.29) is 11.7 Å². The first-order chi connectivity index (χ1) is 8.16. The zero-order valence-corrected chi connectivity index (χ0v) is 10.0. The van der Waals surface area contributed by atoms with E-state index < -0.39 is 4.92 Å². The minimum absolute atomic E-state index is 0.0562. The smallest absolute Gasteiger partial charge is 0.271 e. The van der Waals surface area contributed by atoms with E-state index in [1.165, 1.54) is 12.1 Å². The molecule has 17 heavy (non-hydrogen) atoms. The third-order valence-corrected chi connectivity index (χ3v) is 3.15. The number of non-ortho nitro benzene ring substituents is 1. The van der Waals surface area contributed by atoms with Crippen LogP contribution in [0.2, 0.25) is 5.02 Å². The number of hydrogen-bond donors (Lipinski definition) is 2. The summed E-state index contributed by atoms with van der Waals surface area (Å²) in [6, 6.07) is 4.73. The zero-order chi connectivity index (χ0) is 12.3. The summed E-state index contributed by atoms with van der Waals surface area (Å²) in [5.74, 6) is 0. The van der Waals surface area contributed by atoms with Gasteiger partial charge in [0.15, 0.2) is 0 Å². The van der Waals surface area contributed by atoms with Gasteiger partial charge in [0, 0.05) is 24.7 Å². The zero-order valence-electron chi connectivity index (χ0n) is 9.28. The van der Waals surface area contributed by atoms with Gasteiger partial charge >= 0.3 is 0 Å². The molecular weight excluding hydrogens is 242 g/mol. The Kier molecular flexibility index (Phi) is 3.81. The van der Waals surface area contributed by atoms with E-state index in [2.05, 4.69) is 10.6 Å². The second-order valence-electron chi connectivity index (χ2n) is 4.11. The van der Waals surface area contributed by atoms with Crippen molar-refractivity contribution in [3.05, 3.63) is 33.3 Å². The van der Waals surface area contributed by atoms with Crippen molar-refractivity contribution in [3.8, 4) is 0 Å². The lowest BCUT2D eigenvalue weighted by molar-refractivity contribution is -0.384. The van der Waals surface area contributed by atoms with Gasteiger partial charge in [-0.2, -0.15) is 0 Å². The third kappa shape index (κ3) is 3.08. The van der Waals surface area contributed by atoms with Crippen molar-refractivity contribution in [1.29, 1.82) is 0 Å². The number of nitro benzene ring substituents is 1. The molecule has 1 aromatic carbocycles. The summed E-state index contributed by atoms with van der Waals surface area (Å²) in [5, 5.41) is 17.7. The minimum Gasteiger partial charge on any atom is -0.380 e.